The summed E-state index contributed by atoms with van der Waals surface area (Å²) in [7, 11) is -1.47. The summed E-state index contributed by atoms with van der Waals surface area (Å²) >= 11 is 0. The lowest BCUT2D eigenvalue weighted by Crippen LogP contribution is -2.41. The van der Waals surface area contributed by atoms with Crippen LogP contribution in [0.5, 0.6) is 0 Å². The van der Waals surface area contributed by atoms with Crippen LogP contribution in [0, 0.1) is 0 Å². The first-order valence-corrected chi connectivity index (χ1v) is 7.84. The number of aliphatic imine (C=N–C) groups is 1. The Hall–Kier alpha value is -0.860. The van der Waals surface area contributed by atoms with Crippen LogP contribution in [0.15, 0.2) is 4.99 Å². The van der Waals surface area contributed by atoms with E-state index in [0.717, 1.165) is 19.2 Å². The molecule has 0 amide bonds. The topological polar surface area (TPSA) is 91.8 Å². The minimum Gasteiger partial charge on any atom is -0.385 e. The molecule has 0 saturated carbocycles. The number of methoxy groups -OCH3 is 1. The first-order chi connectivity index (χ1) is 8.49. The maximum atomic E-state index is 10.8. The molecular weight excluding hydrogens is 256 g/mol. The molecule has 0 saturated heterocycles. The first-order valence-electron chi connectivity index (χ1n) is 5.95. The van der Waals surface area contributed by atoms with Crippen LogP contribution in [0.3, 0.4) is 0 Å². The molecule has 0 aliphatic heterocycles. The smallest absolute Gasteiger partial charge is 0.208 e. The van der Waals surface area contributed by atoms with Crippen molar-refractivity contribution in [3.63, 3.8) is 0 Å². The van der Waals surface area contributed by atoms with Crippen molar-refractivity contribution in [1.82, 2.24) is 15.4 Å². The molecule has 0 heterocycles. The highest BCUT2D eigenvalue weighted by Gasteiger charge is 2.00. The number of nitrogens with one attached hydrogen (secondary N) is 3. The molecule has 18 heavy (non-hydrogen) atoms. The molecule has 0 unspecified atom stereocenters. The Morgan fingerprint density at radius 1 is 1.28 bits per heavy atom. The zero-order chi connectivity index (χ0) is 13.9. The van der Waals surface area contributed by atoms with E-state index in [1.54, 1.807) is 7.11 Å². The molecule has 8 heteroatoms. The van der Waals surface area contributed by atoms with E-state index in [-0.39, 0.29) is 0 Å². The van der Waals surface area contributed by atoms with Gasteiger partial charge in [0.15, 0.2) is 5.96 Å². The summed E-state index contributed by atoms with van der Waals surface area (Å²) in [5.41, 5.74) is 0. The van der Waals surface area contributed by atoms with Gasteiger partial charge in [0, 0.05) is 39.9 Å². The highest BCUT2D eigenvalue weighted by atomic mass is 32.2. The van der Waals surface area contributed by atoms with Gasteiger partial charge in [-0.25, -0.2) is 13.1 Å². The van der Waals surface area contributed by atoms with Crippen LogP contribution in [0.1, 0.15) is 13.3 Å². The average molecular weight is 280 g/mol. The van der Waals surface area contributed by atoms with Gasteiger partial charge in [-0.15, -0.1) is 0 Å². The van der Waals surface area contributed by atoms with Gasteiger partial charge in [-0.05, 0) is 13.3 Å². The number of nitrogens with zero attached hydrogens (tertiary/aromatic N) is 1. The van der Waals surface area contributed by atoms with Gasteiger partial charge >= 0.3 is 0 Å². The summed E-state index contributed by atoms with van der Waals surface area (Å²) in [6, 6.07) is 0. The number of hydrogen-bond donors (Lipinski definition) is 3. The highest BCUT2D eigenvalue weighted by Crippen LogP contribution is 1.82. The lowest BCUT2D eigenvalue weighted by Gasteiger charge is -2.11. The van der Waals surface area contributed by atoms with Crippen molar-refractivity contribution in [2.24, 2.45) is 4.99 Å². The van der Waals surface area contributed by atoms with Crippen LogP contribution in [0.25, 0.3) is 0 Å². The Morgan fingerprint density at radius 2 is 2.00 bits per heavy atom. The summed E-state index contributed by atoms with van der Waals surface area (Å²) in [6.07, 6.45) is 1.99. The van der Waals surface area contributed by atoms with E-state index in [2.05, 4.69) is 20.3 Å². The van der Waals surface area contributed by atoms with Crippen LogP contribution in [-0.2, 0) is 14.8 Å². The molecule has 0 aromatic rings. The second kappa shape index (κ2) is 10.1. The molecule has 0 aliphatic rings. The highest BCUT2D eigenvalue weighted by molar-refractivity contribution is 7.88. The molecule has 7 nitrogen and oxygen atoms in total. The number of ether oxygens (including phenoxy) is 1. The molecule has 0 rings (SSSR count). The standard InChI is InChI=1S/C10H24N4O3S/c1-4-11-10(12-6-5-9-17-2)13-7-8-14-18(3,15)16/h14H,4-9H2,1-3H3,(H2,11,12,13). The van der Waals surface area contributed by atoms with Crippen molar-refractivity contribution in [1.29, 1.82) is 0 Å². The Labute approximate surface area is 109 Å². The Bertz CT molecular complexity index is 330. The predicted octanol–water partition coefficient (Wildman–Crippen LogP) is -0.873. The SMILES string of the molecule is CCNC(=NCCCOC)NCCNS(C)(=O)=O. The van der Waals surface area contributed by atoms with Gasteiger partial charge < -0.3 is 15.4 Å². The van der Waals surface area contributed by atoms with Crippen LogP contribution in [-0.4, -0.2) is 60.5 Å². The minimum absolute atomic E-state index is 0.335. The molecule has 0 radical (unpaired) electrons. The van der Waals surface area contributed by atoms with E-state index < -0.39 is 10.0 Å². The third-order valence-electron chi connectivity index (χ3n) is 1.90. The van der Waals surface area contributed by atoms with Crippen molar-refractivity contribution in [3.05, 3.63) is 0 Å². The molecule has 0 spiro atoms. The van der Waals surface area contributed by atoms with Gasteiger partial charge in [-0.3, -0.25) is 4.99 Å². The minimum atomic E-state index is -3.13. The second-order valence-corrected chi connectivity index (χ2v) is 5.53. The number of sulfonamides is 1. The summed E-state index contributed by atoms with van der Waals surface area (Å²) in [5, 5.41) is 6.12. The molecule has 0 fully saturated rings. The normalized spacial score (nSPS) is 12.5. The van der Waals surface area contributed by atoms with Gasteiger partial charge in [0.1, 0.15) is 0 Å². The summed E-state index contributed by atoms with van der Waals surface area (Å²) < 4.78 is 29.0. The number of rotatable bonds is 9. The van der Waals surface area contributed by atoms with Gasteiger partial charge in [-0.1, -0.05) is 0 Å². The fraction of sp³-hybridized carbons (Fsp3) is 0.900. The summed E-state index contributed by atoms with van der Waals surface area (Å²) in [5.74, 6) is 0.684. The molecule has 0 aliphatic carbocycles. The monoisotopic (exact) mass is 280 g/mol. The van der Waals surface area contributed by atoms with Crippen LogP contribution in [0.2, 0.25) is 0 Å². The second-order valence-electron chi connectivity index (χ2n) is 3.70. The van der Waals surface area contributed by atoms with Crippen molar-refractivity contribution in [2.45, 2.75) is 13.3 Å². The van der Waals surface area contributed by atoms with Crippen molar-refractivity contribution < 1.29 is 13.2 Å². The summed E-state index contributed by atoms with van der Waals surface area (Å²) in [6.45, 7) is 4.91. The quantitative estimate of drug-likeness (QED) is 0.290. The fourth-order valence-electron chi connectivity index (χ4n) is 1.16. The largest absolute Gasteiger partial charge is 0.385 e. The number of hydrogen-bond acceptors (Lipinski definition) is 4. The van der Waals surface area contributed by atoms with E-state index in [0.29, 0.717) is 32.2 Å². The van der Waals surface area contributed by atoms with E-state index in [9.17, 15) is 8.42 Å². The van der Waals surface area contributed by atoms with Crippen molar-refractivity contribution in [3.8, 4) is 0 Å². The van der Waals surface area contributed by atoms with E-state index >= 15 is 0 Å². The van der Waals surface area contributed by atoms with Gasteiger partial charge in [0.25, 0.3) is 0 Å². The predicted molar refractivity (Wildman–Crippen MR) is 73.3 cm³/mol. The van der Waals surface area contributed by atoms with Crippen LogP contribution in [0.4, 0.5) is 0 Å². The van der Waals surface area contributed by atoms with Crippen molar-refractivity contribution in [2.75, 3.05) is 46.2 Å². The third-order valence-corrected chi connectivity index (χ3v) is 2.63. The molecule has 0 atom stereocenters. The first kappa shape index (κ1) is 17.1. The molecule has 0 aromatic heterocycles. The average Bonchev–Trinajstić information content (AvgIpc) is 2.28. The summed E-state index contributed by atoms with van der Waals surface area (Å²) in [4.78, 5) is 4.32. The zero-order valence-electron chi connectivity index (χ0n) is 11.3. The number of guanidine groups is 1. The Balaban J connectivity index is 3.88. The lowest BCUT2D eigenvalue weighted by molar-refractivity contribution is 0.197. The van der Waals surface area contributed by atoms with Gasteiger partial charge in [-0.2, -0.15) is 0 Å². The van der Waals surface area contributed by atoms with Gasteiger partial charge in [0.05, 0.1) is 6.26 Å². The van der Waals surface area contributed by atoms with Crippen molar-refractivity contribution >= 4 is 16.0 Å². The molecular formula is C10H24N4O3S. The third kappa shape index (κ3) is 11.6. The van der Waals surface area contributed by atoms with E-state index in [4.69, 9.17) is 4.74 Å². The Kier molecular flexibility index (Phi) is 9.62. The lowest BCUT2D eigenvalue weighted by atomic mass is 10.5. The van der Waals surface area contributed by atoms with E-state index in [1.807, 2.05) is 6.92 Å². The zero-order valence-corrected chi connectivity index (χ0v) is 12.1. The van der Waals surface area contributed by atoms with Crippen LogP contribution < -0.4 is 15.4 Å². The molecule has 0 aromatic carbocycles. The molecule has 0 bridgehead atoms. The molecule has 108 valence electrons. The Morgan fingerprint density at radius 3 is 2.56 bits per heavy atom. The molecule has 3 N–H and O–H groups in total. The van der Waals surface area contributed by atoms with Crippen LogP contribution >= 0.6 is 0 Å². The van der Waals surface area contributed by atoms with Gasteiger partial charge in [0.2, 0.25) is 10.0 Å². The maximum Gasteiger partial charge on any atom is 0.208 e. The maximum absolute atomic E-state index is 10.8. The fourth-order valence-corrected chi connectivity index (χ4v) is 1.63. The van der Waals surface area contributed by atoms with E-state index in [1.165, 1.54) is 0 Å².